The third kappa shape index (κ3) is 4.15. The van der Waals surface area contributed by atoms with Gasteiger partial charge in [0.2, 0.25) is 12.3 Å². The van der Waals surface area contributed by atoms with Crippen LogP contribution in [0.15, 0.2) is 60.6 Å². The third-order valence-electron chi connectivity index (χ3n) is 5.95. The monoisotopic (exact) mass is 398 g/mol. The van der Waals surface area contributed by atoms with Crippen molar-refractivity contribution >= 4 is 11.5 Å². The number of para-hydroxylation sites is 1. The number of anilines is 1. The highest BCUT2D eigenvalue weighted by atomic mass is 35.5. The van der Waals surface area contributed by atoms with Crippen molar-refractivity contribution in [2.75, 3.05) is 11.9 Å². The molecule has 0 fully saturated rings. The first-order valence-electron chi connectivity index (χ1n) is 9.95. The molecule has 1 aromatic heterocycles. The normalized spacial score (nSPS) is 16.2. The summed E-state index contributed by atoms with van der Waals surface area (Å²) in [5, 5.41) is 0. The predicted octanol–water partition coefficient (Wildman–Crippen LogP) is 1.76. The highest BCUT2D eigenvalue weighted by Crippen LogP contribution is 2.46. The number of carbonyl (C=O) groups excluding carboxylic acids is 1. The van der Waals surface area contributed by atoms with Gasteiger partial charge in [-0.15, -0.1) is 0 Å². The summed E-state index contributed by atoms with van der Waals surface area (Å²) in [6, 6.07) is 12.7. The van der Waals surface area contributed by atoms with Gasteiger partial charge in [-0.25, -0.2) is 0 Å². The molecule has 2 heterocycles. The number of nitrogens with zero attached hydrogens (tertiary/aromatic N) is 2. The van der Waals surface area contributed by atoms with Crippen LogP contribution in [0.4, 0.5) is 5.69 Å². The summed E-state index contributed by atoms with van der Waals surface area (Å²) in [7, 11) is 2.05. The van der Waals surface area contributed by atoms with E-state index in [1.165, 1.54) is 16.8 Å². The molecule has 3 rings (SSSR count). The Morgan fingerprint density at radius 3 is 2.29 bits per heavy atom. The van der Waals surface area contributed by atoms with Gasteiger partial charge in [-0.3, -0.25) is 4.79 Å². The molecule has 3 nitrogen and oxygen atoms in total. The molecule has 2 aromatic rings. The molecule has 28 heavy (non-hydrogen) atoms. The van der Waals surface area contributed by atoms with Gasteiger partial charge >= 0.3 is 0 Å². The van der Waals surface area contributed by atoms with E-state index in [9.17, 15) is 4.79 Å². The highest BCUT2D eigenvalue weighted by Gasteiger charge is 2.38. The van der Waals surface area contributed by atoms with Crippen molar-refractivity contribution in [3.63, 3.8) is 0 Å². The van der Waals surface area contributed by atoms with E-state index in [-0.39, 0.29) is 23.6 Å². The van der Waals surface area contributed by atoms with Crippen LogP contribution >= 0.6 is 0 Å². The van der Waals surface area contributed by atoms with Crippen molar-refractivity contribution in [1.82, 2.24) is 0 Å². The Kier molecular flexibility index (Phi) is 7.06. The number of fused-ring (bicyclic) bond motifs is 1. The van der Waals surface area contributed by atoms with Crippen LogP contribution < -0.4 is 21.9 Å². The Bertz CT molecular complexity index is 851. The fourth-order valence-corrected chi connectivity index (χ4v) is 4.24. The van der Waals surface area contributed by atoms with E-state index < -0.39 is 0 Å². The Hall–Kier alpha value is -2.13. The summed E-state index contributed by atoms with van der Waals surface area (Å²) in [6.45, 7) is 9.19. The van der Waals surface area contributed by atoms with Gasteiger partial charge in [0, 0.05) is 42.1 Å². The first-order chi connectivity index (χ1) is 12.9. The van der Waals surface area contributed by atoms with Crippen molar-refractivity contribution < 1.29 is 21.8 Å². The first-order valence-corrected chi connectivity index (χ1v) is 9.95. The van der Waals surface area contributed by atoms with Crippen LogP contribution in [0.25, 0.3) is 0 Å². The third-order valence-corrected chi connectivity index (χ3v) is 5.95. The van der Waals surface area contributed by atoms with E-state index >= 15 is 0 Å². The number of hydrogen-bond acceptors (Lipinski definition) is 2. The lowest BCUT2D eigenvalue weighted by molar-refractivity contribution is -0.684. The maximum absolute atomic E-state index is 12.8. The van der Waals surface area contributed by atoms with Crippen LogP contribution in [-0.2, 0) is 16.8 Å². The molecule has 0 N–H and O–H groups in total. The molecule has 0 saturated heterocycles. The van der Waals surface area contributed by atoms with E-state index in [4.69, 9.17) is 0 Å². The van der Waals surface area contributed by atoms with E-state index in [0.29, 0.717) is 12.5 Å². The predicted molar refractivity (Wildman–Crippen MR) is 111 cm³/mol. The lowest BCUT2D eigenvalue weighted by Gasteiger charge is -2.23. The standard InChI is InChI=1S/C24H31N2O.ClH/c1-6-18(7-2)19-12-14-26(15-13-19)17-20(27)16-23-24(3,4)21-10-8-9-11-22(21)25(23)5;/h8-16,18H,6-7,17H2,1-5H3;1H/q+1;/p-1/b23-16+;. The molecule has 0 aliphatic carbocycles. The number of carbonyl (C=O) groups is 1. The SMILES string of the molecule is CCC(CC)c1cc[n+](CC(=O)/C=C2/N(C)c3ccccc3C2(C)C)cc1.[Cl-]. The Balaban J connectivity index is 0.00000280. The minimum Gasteiger partial charge on any atom is -1.00 e. The van der Waals surface area contributed by atoms with E-state index in [0.717, 1.165) is 18.5 Å². The molecule has 0 saturated carbocycles. The molecule has 1 aliphatic heterocycles. The smallest absolute Gasteiger partial charge is 0.222 e. The highest BCUT2D eigenvalue weighted by molar-refractivity contribution is 5.91. The fraction of sp³-hybridized carbons (Fsp3) is 0.417. The topological polar surface area (TPSA) is 24.2 Å². The summed E-state index contributed by atoms with van der Waals surface area (Å²) in [5.74, 6) is 0.724. The molecular formula is C24H31ClN2O. The second-order valence-electron chi connectivity index (χ2n) is 8.01. The number of benzene rings is 1. The van der Waals surface area contributed by atoms with Gasteiger partial charge in [0.05, 0.1) is 0 Å². The van der Waals surface area contributed by atoms with E-state index in [2.05, 4.69) is 62.9 Å². The molecule has 0 bridgehead atoms. The molecule has 1 aromatic carbocycles. The summed E-state index contributed by atoms with van der Waals surface area (Å²) >= 11 is 0. The zero-order valence-electron chi connectivity index (χ0n) is 17.6. The number of allylic oxidation sites excluding steroid dienone is 2. The van der Waals surface area contributed by atoms with Crippen molar-refractivity contribution in [2.24, 2.45) is 0 Å². The summed E-state index contributed by atoms with van der Waals surface area (Å²) in [4.78, 5) is 14.9. The molecule has 0 radical (unpaired) electrons. The van der Waals surface area contributed by atoms with Crippen molar-refractivity contribution in [3.05, 3.63) is 71.7 Å². The maximum atomic E-state index is 12.8. The maximum Gasteiger partial charge on any atom is 0.222 e. The second-order valence-corrected chi connectivity index (χ2v) is 8.01. The van der Waals surface area contributed by atoms with Gasteiger partial charge < -0.3 is 17.3 Å². The average Bonchev–Trinajstić information content (AvgIpc) is 2.85. The summed E-state index contributed by atoms with van der Waals surface area (Å²) in [6.07, 6.45) is 8.17. The van der Waals surface area contributed by atoms with Crippen molar-refractivity contribution in [3.8, 4) is 0 Å². The lowest BCUT2D eigenvalue weighted by Crippen LogP contribution is -3.00. The minimum atomic E-state index is -0.162. The molecule has 4 heteroatoms. The number of rotatable bonds is 6. The number of aromatic nitrogens is 1. The van der Waals surface area contributed by atoms with Crippen molar-refractivity contribution in [2.45, 2.75) is 58.4 Å². The average molecular weight is 399 g/mol. The lowest BCUT2D eigenvalue weighted by atomic mass is 9.83. The minimum absolute atomic E-state index is 0. The zero-order valence-corrected chi connectivity index (χ0v) is 18.3. The van der Waals surface area contributed by atoms with Gasteiger partial charge in [-0.1, -0.05) is 45.9 Å². The number of ketones is 1. The van der Waals surface area contributed by atoms with Gasteiger partial charge in [-0.05, 0) is 36.0 Å². The summed E-state index contributed by atoms with van der Waals surface area (Å²) in [5.41, 5.74) is 4.71. The van der Waals surface area contributed by atoms with Crippen LogP contribution in [0.1, 0.15) is 57.6 Å². The van der Waals surface area contributed by atoms with Crippen LogP contribution in [0.5, 0.6) is 0 Å². The Morgan fingerprint density at radius 2 is 1.71 bits per heavy atom. The molecule has 0 atom stereocenters. The molecule has 0 amide bonds. The largest absolute Gasteiger partial charge is 1.00 e. The van der Waals surface area contributed by atoms with Crippen LogP contribution in [-0.4, -0.2) is 12.8 Å². The van der Waals surface area contributed by atoms with Crippen LogP contribution in [0.3, 0.4) is 0 Å². The number of hydrogen-bond donors (Lipinski definition) is 0. The van der Waals surface area contributed by atoms with E-state index in [1.54, 1.807) is 0 Å². The number of halogens is 1. The number of pyridine rings is 1. The van der Waals surface area contributed by atoms with Gasteiger partial charge in [0.25, 0.3) is 0 Å². The number of likely N-dealkylation sites (N-methyl/N-ethyl adjacent to an activating group) is 1. The molecule has 0 spiro atoms. The summed E-state index contributed by atoms with van der Waals surface area (Å²) < 4.78 is 1.97. The zero-order chi connectivity index (χ0) is 19.6. The first kappa shape index (κ1) is 22.2. The van der Waals surface area contributed by atoms with Crippen LogP contribution in [0, 0.1) is 0 Å². The Morgan fingerprint density at radius 1 is 1.11 bits per heavy atom. The molecule has 150 valence electrons. The quantitative estimate of drug-likeness (QED) is 0.547. The molecule has 1 aliphatic rings. The van der Waals surface area contributed by atoms with Crippen molar-refractivity contribution in [1.29, 1.82) is 0 Å². The van der Waals surface area contributed by atoms with Crippen LogP contribution in [0.2, 0.25) is 0 Å². The molecule has 0 unspecified atom stereocenters. The molecular weight excluding hydrogens is 368 g/mol. The van der Waals surface area contributed by atoms with E-state index in [1.807, 2.05) is 36.2 Å². The fourth-order valence-electron chi connectivity index (χ4n) is 4.24. The second kappa shape index (κ2) is 8.91. The Labute approximate surface area is 175 Å². The van der Waals surface area contributed by atoms with Gasteiger partial charge in [-0.2, -0.15) is 4.57 Å². The van der Waals surface area contributed by atoms with Gasteiger partial charge in [0.15, 0.2) is 12.4 Å². The van der Waals surface area contributed by atoms with Gasteiger partial charge in [0.1, 0.15) is 0 Å².